The third kappa shape index (κ3) is 1.79. The van der Waals surface area contributed by atoms with E-state index in [0.717, 1.165) is 0 Å². The van der Waals surface area contributed by atoms with Gasteiger partial charge in [-0.2, -0.15) is 5.26 Å². The van der Waals surface area contributed by atoms with Crippen molar-refractivity contribution >= 4 is 31.9 Å². The van der Waals surface area contributed by atoms with Crippen molar-refractivity contribution in [3.63, 3.8) is 0 Å². The van der Waals surface area contributed by atoms with E-state index in [1.165, 1.54) is 6.26 Å². The van der Waals surface area contributed by atoms with Gasteiger partial charge < -0.3 is 4.42 Å². The number of halogens is 3. The molecule has 0 aliphatic carbocycles. The van der Waals surface area contributed by atoms with Crippen molar-refractivity contribution in [1.29, 1.82) is 5.26 Å². The van der Waals surface area contributed by atoms with E-state index in [2.05, 4.69) is 31.9 Å². The van der Waals surface area contributed by atoms with Gasteiger partial charge in [-0.1, -0.05) is 0 Å². The Hall–Kier alpha value is -1.12. The van der Waals surface area contributed by atoms with Crippen LogP contribution in [-0.4, -0.2) is 0 Å². The lowest BCUT2D eigenvalue weighted by molar-refractivity contribution is 0.578. The first-order chi connectivity index (χ1) is 7.65. The minimum absolute atomic E-state index is 0.0452. The van der Waals surface area contributed by atoms with Crippen LogP contribution in [0.3, 0.4) is 0 Å². The van der Waals surface area contributed by atoms with E-state index in [1.54, 1.807) is 18.2 Å². The number of benzene rings is 1. The minimum atomic E-state index is -0.586. The van der Waals surface area contributed by atoms with Gasteiger partial charge in [-0.3, -0.25) is 0 Å². The molecule has 0 aliphatic heterocycles. The molecule has 0 aliphatic rings. The maximum absolute atomic E-state index is 13.7. The van der Waals surface area contributed by atoms with Crippen LogP contribution < -0.4 is 0 Å². The summed E-state index contributed by atoms with van der Waals surface area (Å²) in [6.45, 7) is 0. The van der Waals surface area contributed by atoms with Gasteiger partial charge in [-0.25, -0.2) is 4.39 Å². The molecule has 1 aromatic carbocycles. The fraction of sp³-hybridized carbons (Fsp3) is 0. The standard InChI is InChI=1S/C11H4Br2FNO/c12-7-4-8(13)11(14)6(5-15)10(7)9-2-1-3-16-9/h1-4H. The van der Waals surface area contributed by atoms with Crippen LogP contribution >= 0.6 is 31.9 Å². The Morgan fingerprint density at radius 2 is 2.06 bits per heavy atom. The highest BCUT2D eigenvalue weighted by molar-refractivity contribution is 9.11. The van der Waals surface area contributed by atoms with Crippen LogP contribution in [0.1, 0.15) is 5.56 Å². The zero-order valence-corrected chi connectivity index (χ0v) is 11.0. The normalized spacial score (nSPS) is 10.1. The van der Waals surface area contributed by atoms with Crippen LogP contribution in [-0.2, 0) is 0 Å². The predicted octanol–water partition coefficient (Wildman–Crippen LogP) is 4.48. The van der Waals surface area contributed by atoms with E-state index in [0.29, 0.717) is 15.8 Å². The van der Waals surface area contributed by atoms with Crippen LogP contribution in [0, 0.1) is 17.1 Å². The van der Waals surface area contributed by atoms with Gasteiger partial charge in [0.15, 0.2) is 5.82 Å². The van der Waals surface area contributed by atoms with Gasteiger partial charge in [0.25, 0.3) is 0 Å². The van der Waals surface area contributed by atoms with Crippen molar-refractivity contribution < 1.29 is 8.81 Å². The van der Waals surface area contributed by atoms with E-state index in [9.17, 15) is 4.39 Å². The van der Waals surface area contributed by atoms with Crippen molar-refractivity contribution in [2.45, 2.75) is 0 Å². The monoisotopic (exact) mass is 343 g/mol. The van der Waals surface area contributed by atoms with E-state index in [1.807, 2.05) is 6.07 Å². The van der Waals surface area contributed by atoms with Gasteiger partial charge >= 0.3 is 0 Å². The highest BCUT2D eigenvalue weighted by Crippen LogP contribution is 2.36. The van der Waals surface area contributed by atoms with Crippen molar-refractivity contribution in [3.05, 3.63) is 44.8 Å². The molecule has 0 atom stereocenters. The molecule has 0 N–H and O–H groups in total. The third-order valence-electron chi connectivity index (χ3n) is 2.05. The number of hydrogen-bond donors (Lipinski definition) is 0. The molecule has 2 nitrogen and oxygen atoms in total. The van der Waals surface area contributed by atoms with Crippen molar-refractivity contribution in [3.8, 4) is 17.4 Å². The van der Waals surface area contributed by atoms with Gasteiger partial charge in [-0.05, 0) is 50.1 Å². The highest BCUT2D eigenvalue weighted by atomic mass is 79.9. The van der Waals surface area contributed by atoms with Gasteiger partial charge in [-0.15, -0.1) is 0 Å². The lowest BCUT2D eigenvalue weighted by Gasteiger charge is -2.06. The smallest absolute Gasteiger partial charge is 0.155 e. The van der Waals surface area contributed by atoms with Crippen molar-refractivity contribution in [2.24, 2.45) is 0 Å². The number of furan rings is 1. The average Bonchev–Trinajstić information content (AvgIpc) is 2.76. The maximum Gasteiger partial charge on any atom is 0.155 e. The Morgan fingerprint density at radius 1 is 1.31 bits per heavy atom. The molecule has 0 spiro atoms. The van der Waals surface area contributed by atoms with Crippen LogP contribution in [0.15, 0.2) is 37.8 Å². The molecule has 0 fully saturated rings. The molecule has 1 heterocycles. The number of rotatable bonds is 1. The second-order valence-electron chi connectivity index (χ2n) is 2.99. The Kier molecular flexibility index (Phi) is 3.13. The first kappa shape index (κ1) is 11.4. The zero-order valence-electron chi connectivity index (χ0n) is 7.80. The van der Waals surface area contributed by atoms with Gasteiger partial charge in [0.05, 0.1) is 16.3 Å². The summed E-state index contributed by atoms with van der Waals surface area (Å²) in [6.07, 6.45) is 1.48. The summed E-state index contributed by atoms with van der Waals surface area (Å²) in [7, 11) is 0. The van der Waals surface area contributed by atoms with E-state index in [-0.39, 0.29) is 10.0 Å². The fourth-order valence-corrected chi connectivity index (χ4v) is 2.72. The molecular formula is C11H4Br2FNO. The van der Waals surface area contributed by atoms with E-state index >= 15 is 0 Å². The molecular weight excluding hydrogens is 341 g/mol. The first-order valence-electron chi connectivity index (χ1n) is 4.26. The molecule has 0 bridgehead atoms. The molecule has 16 heavy (non-hydrogen) atoms. The summed E-state index contributed by atoms with van der Waals surface area (Å²) >= 11 is 6.33. The zero-order chi connectivity index (χ0) is 11.7. The summed E-state index contributed by atoms with van der Waals surface area (Å²) in [5.74, 6) is -0.132. The molecule has 0 radical (unpaired) electrons. The van der Waals surface area contributed by atoms with Crippen LogP contribution in [0.2, 0.25) is 0 Å². The topological polar surface area (TPSA) is 36.9 Å². The number of hydrogen-bond acceptors (Lipinski definition) is 2. The van der Waals surface area contributed by atoms with Crippen LogP contribution in [0.4, 0.5) is 4.39 Å². The van der Waals surface area contributed by atoms with Crippen LogP contribution in [0.5, 0.6) is 0 Å². The first-order valence-corrected chi connectivity index (χ1v) is 5.85. The molecule has 0 saturated carbocycles. The predicted molar refractivity (Wildman–Crippen MR) is 64.2 cm³/mol. The lowest BCUT2D eigenvalue weighted by Crippen LogP contribution is -1.92. The number of nitrogens with zero attached hydrogens (tertiary/aromatic N) is 1. The molecule has 1 aromatic heterocycles. The lowest BCUT2D eigenvalue weighted by atomic mass is 10.1. The van der Waals surface area contributed by atoms with Gasteiger partial charge in [0.1, 0.15) is 17.4 Å². The third-order valence-corrected chi connectivity index (χ3v) is 3.25. The Labute approximate surface area is 108 Å². The number of nitriles is 1. The second-order valence-corrected chi connectivity index (χ2v) is 4.70. The van der Waals surface area contributed by atoms with Gasteiger partial charge in [0.2, 0.25) is 0 Å². The summed E-state index contributed by atoms with van der Waals surface area (Å²) in [5, 5.41) is 8.97. The highest BCUT2D eigenvalue weighted by Gasteiger charge is 2.18. The summed E-state index contributed by atoms with van der Waals surface area (Å²) in [6, 6.07) is 6.75. The Balaban J connectivity index is 2.80. The largest absolute Gasteiger partial charge is 0.464 e. The van der Waals surface area contributed by atoms with Crippen molar-refractivity contribution in [2.75, 3.05) is 0 Å². The quantitative estimate of drug-likeness (QED) is 0.715. The fourth-order valence-electron chi connectivity index (χ4n) is 1.36. The van der Waals surface area contributed by atoms with E-state index in [4.69, 9.17) is 9.68 Å². The minimum Gasteiger partial charge on any atom is -0.464 e. The summed E-state index contributed by atoms with van der Waals surface area (Å²) in [5.41, 5.74) is 0.379. The average molecular weight is 345 g/mol. The molecule has 80 valence electrons. The Morgan fingerprint density at radius 3 is 2.62 bits per heavy atom. The maximum atomic E-state index is 13.7. The molecule has 0 saturated heterocycles. The molecule has 0 unspecified atom stereocenters. The molecule has 5 heteroatoms. The molecule has 0 amide bonds. The van der Waals surface area contributed by atoms with Gasteiger partial charge in [0, 0.05) is 4.47 Å². The summed E-state index contributed by atoms with van der Waals surface area (Å²) < 4.78 is 19.7. The SMILES string of the molecule is N#Cc1c(F)c(Br)cc(Br)c1-c1ccco1. The summed E-state index contributed by atoms with van der Waals surface area (Å²) in [4.78, 5) is 0. The van der Waals surface area contributed by atoms with E-state index < -0.39 is 5.82 Å². The van der Waals surface area contributed by atoms with Crippen molar-refractivity contribution in [1.82, 2.24) is 0 Å². The Bertz CT molecular complexity index is 573. The molecule has 2 rings (SSSR count). The molecule has 2 aromatic rings. The second kappa shape index (κ2) is 4.40. The van der Waals surface area contributed by atoms with Crippen LogP contribution in [0.25, 0.3) is 11.3 Å².